The molecule has 3 rings (SSSR count). The van der Waals surface area contributed by atoms with Crippen LogP contribution < -0.4 is 4.90 Å². The quantitative estimate of drug-likeness (QED) is 0.840. The van der Waals surface area contributed by atoms with Crippen LogP contribution in [0.4, 0.5) is 5.95 Å². The van der Waals surface area contributed by atoms with E-state index in [0.29, 0.717) is 22.9 Å². The second kappa shape index (κ2) is 4.90. The fourth-order valence-electron chi connectivity index (χ4n) is 2.27. The molecule has 0 radical (unpaired) electrons. The van der Waals surface area contributed by atoms with Crippen molar-refractivity contribution in [1.82, 2.24) is 10.1 Å². The molecule has 4 nitrogen and oxygen atoms in total. The first-order valence-corrected chi connectivity index (χ1v) is 7.35. The van der Waals surface area contributed by atoms with Gasteiger partial charge >= 0.3 is 0 Å². The number of hydrogen-bond acceptors (Lipinski definition) is 5. The standard InChI is InChI=1S/C12H14ClN3OS/c1-8-4-2-3-6-16(8)12-14-11(17-15-12)10-9(13)5-7-18-10/h5,7-8H,2-4,6H2,1H3. The monoisotopic (exact) mass is 283 g/mol. The van der Waals surface area contributed by atoms with E-state index in [2.05, 4.69) is 22.0 Å². The number of thiophene rings is 1. The van der Waals surface area contributed by atoms with Crippen LogP contribution in [0.3, 0.4) is 0 Å². The molecule has 6 heteroatoms. The molecule has 1 saturated heterocycles. The average molecular weight is 284 g/mol. The predicted molar refractivity (Wildman–Crippen MR) is 73.3 cm³/mol. The summed E-state index contributed by atoms with van der Waals surface area (Å²) in [6, 6.07) is 2.32. The third-order valence-electron chi connectivity index (χ3n) is 3.29. The second-order valence-corrected chi connectivity index (χ2v) is 5.86. The van der Waals surface area contributed by atoms with Crippen molar-refractivity contribution in [2.24, 2.45) is 0 Å². The van der Waals surface area contributed by atoms with Gasteiger partial charge in [-0.15, -0.1) is 11.3 Å². The zero-order valence-electron chi connectivity index (χ0n) is 10.1. The van der Waals surface area contributed by atoms with Crippen LogP contribution in [0.15, 0.2) is 16.0 Å². The third-order valence-corrected chi connectivity index (χ3v) is 4.62. The molecule has 3 heterocycles. The van der Waals surface area contributed by atoms with Gasteiger partial charge in [-0.1, -0.05) is 11.6 Å². The van der Waals surface area contributed by atoms with E-state index in [1.807, 2.05) is 11.4 Å². The first kappa shape index (κ1) is 12.0. The Labute approximate surface area is 115 Å². The molecule has 1 atom stereocenters. The lowest BCUT2D eigenvalue weighted by molar-refractivity contribution is 0.418. The van der Waals surface area contributed by atoms with E-state index in [1.165, 1.54) is 30.6 Å². The van der Waals surface area contributed by atoms with E-state index in [4.69, 9.17) is 16.1 Å². The van der Waals surface area contributed by atoms with E-state index in [1.54, 1.807) is 0 Å². The lowest BCUT2D eigenvalue weighted by atomic mass is 10.0. The minimum atomic E-state index is 0.475. The molecule has 0 spiro atoms. The predicted octanol–water partition coefficient (Wildman–Crippen LogP) is 3.83. The van der Waals surface area contributed by atoms with Gasteiger partial charge in [-0.3, -0.25) is 0 Å². The highest BCUT2D eigenvalue weighted by Gasteiger charge is 2.23. The molecule has 1 unspecified atom stereocenters. The summed E-state index contributed by atoms with van der Waals surface area (Å²) in [4.78, 5) is 7.52. The smallest absolute Gasteiger partial charge is 0.271 e. The van der Waals surface area contributed by atoms with Crippen LogP contribution in [0.25, 0.3) is 10.8 Å². The lowest BCUT2D eigenvalue weighted by Gasteiger charge is -2.31. The van der Waals surface area contributed by atoms with Gasteiger partial charge in [0.1, 0.15) is 4.88 Å². The number of halogens is 1. The molecule has 2 aromatic heterocycles. The first-order valence-electron chi connectivity index (χ1n) is 6.09. The molecular weight excluding hydrogens is 270 g/mol. The Morgan fingerprint density at radius 1 is 1.50 bits per heavy atom. The van der Waals surface area contributed by atoms with Crippen molar-refractivity contribution < 1.29 is 4.52 Å². The third kappa shape index (κ3) is 2.12. The summed E-state index contributed by atoms with van der Waals surface area (Å²) in [5.74, 6) is 1.20. The molecule has 0 N–H and O–H groups in total. The Kier molecular flexibility index (Phi) is 3.26. The Hall–Kier alpha value is -1.07. The molecule has 18 heavy (non-hydrogen) atoms. The Bertz CT molecular complexity index is 539. The first-order chi connectivity index (χ1) is 8.75. The Morgan fingerprint density at radius 2 is 2.39 bits per heavy atom. The summed E-state index contributed by atoms with van der Waals surface area (Å²) in [6.45, 7) is 3.20. The van der Waals surface area contributed by atoms with Crippen molar-refractivity contribution in [3.63, 3.8) is 0 Å². The van der Waals surface area contributed by atoms with Gasteiger partial charge in [0, 0.05) is 12.6 Å². The molecule has 0 aromatic carbocycles. The minimum absolute atomic E-state index is 0.475. The van der Waals surface area contributed by atoms with Crippen molar-refractivity contribution in [3.05, 3.63) is 16.5 Å². The van der Waals surface area contributed by atoms with Gasteiger partial charge in [0.25, 0.3) is 11.8 Å². The average Bonchev–Trinajstić information content (AvgIpc) is 2.98. The van der Waals surface area contributed by atoms with Gasteiger partial charge in [-0.25, -0.2) is 0 Å². The summed E-state index contributed by atoms with van der Waals surface area (Å²) in [7, 11) is 0. The number of hydrogen-bond donors (Lipinski definition) is 0. The number of anilines is 1. The molecule has 0 amide bonds. The molecular formula is C12H14ClN3OS. The molecule has 0 bridgehead atoms. The maximum absolute atomic E-state index is 6.07. The van der Waals surface area contributed by atoms with E-state index in [-0.39, 0.29) is 0 Å². The summed E-state index contributed by atoms with van der Waals surface area (Å²) in [5.41, 5.74) is 0. The fourth-order valence-corrected chi connectivity index (χ4v) is 3.32. The van der Waals surface area contributed by atoms with Crippen LogP contribution in [0, 0.1) is 0 Å². The topological polar surface area (TPSA) is 42.2 Å². The van der Waals surface area contributed by atoms with Gasteiger partial charge in [0.2, 0.25) is 0 Å². The summed E-state index contributed by atoms with van der Waals surface area (Å²) >= 11 is 7.58. The van der Waals surface area contributed by atoms with Crippen LogP contribution in [-0.4, -0.2) is 22.7 Å². The molecule has 1 fully saturated rings. The highest BCUT2D eigenvalue weighted by atomic mass is 35.5. The van der Waals surface area contributed by atoms with Crippen LogP contribution in [0.5, 0.6) is 0 Å². The normalized spacial score (nSPS) is 20.3. The number of aromatic nitrogens is 2. The molecule has 96 valence electrons. The number of nitrogens with zero attached hydrogens (tertiary/aromatic N) is 3. The van der Waals surface area contributed by atoms with E-state index in [9.17, 15) is 0 Å². The number of piperidine rings is 1. The largest absolute Gasteiger partial charge is 0.335 e. The van der Waals surface area contributed by atoms with E-state index < -0.39 is 0 Å². The summed E-state index contributed by atoms with van der Waals surface area (Å²) in [6.07, 6.45) is 3.65. The molecule has 0 aliphatic carbocycles. The molecule has 0 saturated carbocycles. The van der Waals surface area contributed by atoms with Gasteiger partial charge < -0.3 is 9.42 Å². The fraction of sp³-hybridized carbons (Fsp3) is 0.500. The zero-order valence-corrected chi connectivity index (χ0v) is 11.7. The minimum Gasteiger partial charge on any atom is -0.335 e. The van der Waals surface area contributed by atoms with Crippen molar-refractivity contribution in [1.29, 1.82) is 0 Å². The Morgan fingerprint density at radius 3 is 3.11 bits per heavy atom. The SMILES string of the molecule is CC1CCCCN1c1noc(-c2sccc2Cl)n1. The summed E-state index contributed by atoms with van der Waals surface area (Å²) in [5, 5.41) is 6.67. The lowest BCUT2D eigenvalue weighted by Crippen LogP contribution is -2.38. The number of rotatable bonds is 2. The Balaban J connectivity index is 1.87. The maximum atomic E-state index is 6.07. The molecule has 1 aliphatic heterocycles. The highest BCUT2D eigenvalue weighted by molar-refractivity contribution is 7.14. The van der Waals surface area contributed by atoms with Gasteiger partial charge in [0.15, 0.2) is 0 Å². The maximum Gasteiger partial charge on any atom is 0.271 e. The van der Waals surface area contributed by atoms with Crippen molar-refractivity contribution in [2.75, 3.05) is 11.4 Å². The van der Waals surface area contributed by atoms with Crippen molar-refractivity contribution in [2.45, 2.75) is 32.2 Å². The van der Waals surface area contributed by atoms with Gasteiger partial charge in [-0.2, -0.15) is 4.98 Å². The van der Waals surface area contributed by atoms with Crippen LogP contribution in [0.2, 0.25) is 5.02 Å². The van der Waals surface area contributed by atoms with Crippen molar-refractivity contribution in [3.8, 4) is 10.8 Å². The van der Waals surface area contributed by atoms with E-state index in [0.717, 1.165) is 11.4 Å². The van der Waals surface area contributed by atoms with Crippen LogP contribution in [-0.2, 0) is 0 Å². The van der Waals surface area contributed by atoms with Crippen LogP contribution in [0.1, 0.15) is 26.2 Å². The zero-order chi connectivity index (χ0) is 12.5. The highest BCUT2D eigenvalue weighted by Crippen LogP contribution is 2.33. The second-order valence-electron chi connectivity index (χ2n) is 4.54. The van der Waals surface area contributed by atoms with Gasteiger partial charge in [-0.05, 0) is 42.8 Å². The molecule has 2 aromatic rings. The molecule has 1 aliphatic rings. The van der Waals surface area contributed by atoms with E-state index >= 15 is 0 Å². The van der Waals surface area contributed by atoms with Crippen molar-refractivity contribution >= 4 is 28.9 Å². The van der Waals surface area contributed by atoms with Gasteiger partial charge in [0.05, 0.1) is 5.02 Å². The van der Waals surface area contributed by atoms with Crippen LogP contribution >= 0.6 is 22.9 Å². The summed E-state index contributed by atoms with van der Waals surface area (Å²) < 4.78 is 5.31.